The molecule has 1 fully saturated rings. The van der Waals surface area contributed by atoms with E-state index in [0.29, 0.717) is 19.0 Å². The van der Waals surface area contributed by atoms with Crippen LogP contribution >= 0.6 is 0 Å². The zero-order valence-electron chi connectivity index (χ0n) is 12.5. The number of nitrogens with two attached hydrogens (primary N) is 1. The van der Waals surface area contributed by atoms with E-state index in [2.05, 4.69) is 15.2 Å². The van der Waals surface area contributed by atoms with E-state index >= 15 is 0 Å². The molecule has 1 aliphatic heterocycles. The van der Waals surface area contributed by atoms with Crippen LogP contribution in [0.1, 0.15) is 18.5 Å². The van der Waals surface area contributed by atoms with Crippen LogP contribution in [0.15, 0.2) is 18.2 Å². The van der Waals surface area contributed by atoms with Gasteiger partial charge in [0.15, 0.2) is 0 Å². The van der Waals surface area contributed by atoms with E-state index in [0.717, 1.165) is 38.2 Å². The van der Waals surface area contributed by atoms with Gasteiger partial charge in [-0.1, -0.05) is 6.07 Å². The number of carbonyl (C=O) groups excluding carboxylic acids is 1. The van der Waals surface area contributed by atoms with Crippen molar-refractivity contribution in [3.8, 4) is 5.88 Å². The molecular weight excluding hydrogens is 268 g/mol. The van der Waals surface area contributed by atoms with Crippen molar-refractivity contribution in [2.45, 2.75) is 19.4 Å². The summed E-state index contributed by atoms with van der Waals surface area (Å²) < 4.78 is 5.14. The summed E-state index contributed by atoms with van der Waals surface area (Å²) in [5, 5.41) is 2.88. The van der Waals surface area contributed by atoms with Crippen LogP contribution in [0.25, 0.3) is 0 Å². The molecule has 1 amide bonds. The molecule has 1 saturated heterocycles. The second kappa shape index (κ2) is 7.95. The van der Waals surface area contributed by atoms with Crippen LogP contribution in [-0.2, 0) is 11.3 Å². The van der Waals surface area contributed by atoms with Gasteiger partial charge in [0.1, 0.15) is 0 Å². The number of ether oxygens (including phenoxy) is 1. The molecule has 1 atom stereocenters. The van der Waals surface area contributed by atoms with Gasteiger partial charge < -0.3 is 15.8 Å². The van der Waals surface area contributed by atoms with E-state index in [-0.39, 0.29) is 11.8 Å². The minimum Gasteiger partial charge on any atom is -0.481 e. The number of pyridine rings is 1. The smallest absolute Gasteiger partial charge is 0.224 e. The van der Waals surface area contributed by atoms with Crippen molar-refractivity contribution in [2.24, 2.45) is 11.7 Å². The number of piperidine rings is 1. The maximum absolute atomic E-state index is 12.0. The second-order valence-electron chi connectivity index (χ2n) is 5.33. The maximum Gasteiger partial charge on any atom is 0.224 e. The summed E-state index contributed by atoms with van der Waals surface area (Å²) in [5.74, 6) is 0.793. The van der Waals surface area contributed by atoms with Gasteiger partial charge in [0.2, 0.25) is 11.8 Å². The van der Waals surface area contributed by atoms with Crippen LogP contribution in [0.4, 0.5) is 0 Å². The van der Waals surface area contributed by atoms with Crippen molar-refractivity contribution in [2.75, 3.05) is 33.3 Å². The first-order valence-corrected chi connectivity index (χ1v) is 7.43. The predicted molar refractivity (Wildman–Crippen MR) is 80.9 cm³/mol. The number of aromatic nitrogens is 1. The molecule has 1 unspecified atom stereocenters. The minimum absolute atomic E-state index is 0.0518. The third-order valence-corrected chi connectivity index (χ3v) is 3.70. The van der Waals surface area contributed by atoms with Gasteiger partial charge in [-0.05, 0) is 25.5 Å². The van der Waals surface area contributed by atoms with Crippen LogP contribution in [0, 0.1) is 5.92 Å². The first kappa shape index (κ1) is 15.7. The summed E-state index contributed by atoms with van der Waals surface area (Å²) in [5.41, 5.74) is 6.39. The highest BCUT2D eigenvalue weighted by atomic mass is 16.5. The van der Waals surface area contributed by atoms with Crippen molar-refractivity contribution in [1.82, 2.24) is 15.2 Å². The molecule has 1 aromatic rings. The maximum atomic E-state index is 12.0. The van der Waals surface area contributed by atoms with E-state index in [1.165, 1.54) is 0 Å². The molecule has 1 aromatic heterocycles. The number of nitrogens with one attached hydrogen (secondary N) is 1. The van der Waals surface area contributed by atoms with Gasteiger partial charge in [-0.25, -0.2) is 4.98 Å². The van der Waals surface area contributed by atoms with E-state index in [4.69, 9.17) is 10.5 Å². The van der Waals surface area contributed by atoms with Crippen molar-refractivity contribution in [3.05, 3.63) is 23.9 Å². The largest absolute Gasteiger partial charge is 0.481 e. The Kier molecular flexibility index (Phi) is 5.95. The van der Waals surface area contributed by atoms with Gasteiger partial charge in [0.25, 0.3) is 0 Å². The molecule has 1 aliphatic rings. The number of rotatable bonds is 6. The molecule has 0 bridgehead atoms. The highest BCUT2D eigenvalue weighted by molar-refractivity contribution is 5.78. The lowest BCUT2D eigenvalue weighted by Crippen LogP contribution is -2.43. The van der Waals surface area contributed by atoms with Crippen molar-refractivity contribution < 1.29 is 9.53 Å². The Morgan fingerprint density at radius 1 is 1.57 bits per heavy atom. The molecule has 2 heterocycles. The Labute approximate surface area is 125 Å². The summed E-state index contributed by atoms with van der Waals surface area (Å²) in [6, 6.07) is 5.76. The first-order chi connectivity index (χ1) is 10.2. The Morgan fingerprint density at radius 2 is 2.43 bits per heavy atom. The molecule has 21 heavy (non-hydrogen) atoms. The molecule has 2 rings (SSSR count). The van der Waals surface area contributed by atoms with Gasteiger partial charge >= 0.3 is 0 Å². The molecule has 6 nitrogen and oxygen atoms in total. The quantitative estimate of drug-likeness (QED) is 0.792. The van der Waals surface area contributed by atoms with Gasteiger partial charge in [0, 0.05) is 32.2 Å². The molecule has 6 heteroatoms. The SMILES string of the molecule is COc1cccc(CN2CCCC(C(=O)NCCN)C2)n1. The average molecular weight is 292 g/mol. The number of nitrogens with zero attached hydrogens (tertiary/aromatic N) is 2. The first-order valence-electron chi connectivity index (χ1n) is 7.43. The fourth-order valence-electron chi connectivity index (χ4n) is 2.64. The zero-order chi connectivity index (χ0) is 15.1. The van der Waals surface area contributed by atoms with E-state index in [1.54, 1.807) is 7.11 Å². The van der Waals surface area contributed by atoms with Gasteiger partial charge in [0.05, 0.1) is 18.7 Å². The van der Waals surface area contributed by atoms with E-state index in [9.17, 15) is 4.79 Å². The number of likely N-dealkylation sites (tertiary alicyclic amines) is 1. The monoisotopic (exact) mass is 292 g/mol. The van der Waals surface area contributed by atoms with Crippen LogP contribution in [0.5, 0.6) is 5.88 Å². The molecule has 3 N–H and O–H groups in total. The number of hydrogen-bond donors (Lipinski definition) is 2. The Morgan fingerprint density at radius 3 is 3.19 bits per heavy atom. The lowest BCUT2D eigenvalue weighted by atomic mass is 9.97. The average Bonchev–Trinajstić information content (AvgIpc) is 2.53. The number of hydrogen-bond acceptors (Lipinski definition) is 5. The van der Waals surface area contributed by atoms with E-state index < -0.39 is 0 Å². The van der Waals surface area contributed by atoms with Crippen molar-refractivity contribution >= 4 is 5.91 Å². The molecule has 0 spiro atoms. The van der Waals surface area contributed by atoms with Crippen molar-refractivity contribution in [3.63, 3.8) is 0 Å². The Hall–Kier alpha value is -1.66. The van der Waals surface area contributed by atoms with Crippen LogP contribution < -0.4 is 15.8 Å². The molecule has 0 aliphatic carbocycles. The van der Waals surface area contributed by atoms with Gasteiger partial charge in [-0.15, -0.1) is 0 Å². The number of carbonyl (C=O) groups is 1. The lowest BCUT2D eigenvalue weighted by Gasteiger charge is -2.31. The third kappa shape index (κ3) is 4.68. The normalized spacial score (nSPS) is 19.2. The number of methoxy groups -OCH3 is 1. The highest BCUT2D eigenvalue weighted by Crippen LogP contribution is 2.19. The third-order valence-electron chi connectivity index (χ3n) is 3.70. The number of amides is 1. The predicted octanol–water partition coefficient (Wildman–Crippen LogP) is 0.377. The molecular formula is C15H24N4O2. The Bertz CT molecular complexity index is 467. The standard InChI is InChI=1S/C15H24N4O2/c1-21-14-6-2-5-13(18-14)11-19-9-3-4-12(10-19)15(20)17-8-7-16/h2,5-6,12H,3-4,7-11,16H2,1H3,(H,17,20). The minimum atomic E-state index is 0.0518. The molecule has 0 aromatic carbocycles. The highest BCUT2D eigenvalue weighted by Gasteiger charge is 2.25. The Balaban J connectivity index is 1.90. The summed E-state index contributed by atoms with van der Waals surface area (Å²) in [6.45, 7) is 3.55. The molecule has 116 valence electrons. The van der Waals surface area contributed by atoms with Gasteiger partial charge in [-0.2, -0.15) is 0 Å². The molecule has 0 radical (unpaired) electrons. The van der Waals surface area contributed by atoms with Crippen LogP contribution in [0.3, 0.4) is 0 Å². The van der Waals surface area contributed by atoms with Crippen LogP contribution in [0.2, 0.25) is 0 Å². The fraction of sp³-hybridized carbons (Fsp3) is 0.600. The lowest BCUT2D eigenvalue weighted by molar-refractivity contribution is -0.126. The fourth-order valence-corrected chi connectivity index (χ4v) is 2.64. The van der Waals surface area contributed by atoms with Crippen LogP contribution in [-0.4, -0.2) is 49.1 Å². The summed E-state index contributed by atoms with van der Waals surface area (Å²) in [7, 11) is 1.62. The molecule has 0 saturated carbocycles. The van der Waals surface area contributed by atoms with E-state index in [1.807, 2.05) is 18.2 Å². The van der Waals surface area contributed by atoms with Crippen molar-refractivity contribution in [1.29, 1.82) is 0 Å². The summed E-state index contributed by atoms with van der Waals surface area (Å²) >= 11 is 0. The summed E-state index contributed by atoms with van der Waals surface area (Å²) in [6.07, 6.45) is 1.98. The summed E-state index contributed by atoms with van der Waals surface area (Å²) in [4.78, 5) is 18.7. The topological polar surface area (TPSA) is 80.5 Å². The zero-order valence-corrected chi connectivity index (χ0v) is 12.5. The van der Waals surface area contributed by atoms with Gasteiger partial charge in [-0.3, -0.25) is 9.69 Å². The second-order valence-corrected chi connectivity index (χ2v) is 5.33.